The molecule has 0 spiro atoms. The first-order chi connectivity index (χ1) is 11.7. The van der Waals surface area contributed by atoms with Crippen molar-refractivity contribution in [2.75, 3.05) is 0 Å². The first kappa shape index (κ1) is 14.3. The Balaban J connectivity index is 1.60. The summed E-state index contributed by atoms with van der Waals surface area (Å²) in [6.07, 6.45) is 2.94. The highest BCUT2D eigenvalue weighted by atomic mass is 16.3. The van der Waals surface area contributed by atoms with E-state index in [0.29, 0.717) is 16.8 Å². The van der Waals surface area contributed by atoms with Gasteiger partial charge in [0.25, 0.3) is 5.56 Å². The van der Waals surface area contributed by atoms with E-state index < -0.39 is 0 Å². The third-order valence-electron chi connectivity index (χ3n) is 3.83. The van der Waals surface area contributed by atoms with E-state index in [4.69, 9.17) is 4.42 Å². The molecule has 0 bridgehead atoms. The molecule has 0 radical (unpaired) electrons. The number of furan rings is 1. The van der Waals surface area contributed by atoms with Crippen LogP contribution < -0.4 is 10.9 Å². The predicted molar refractivity (Wildman–Crippen MR) is 88.4 cm³/mol. The normalized spacial score (nSPS) is 11.2. The molecule has 0 saturated heterocycles. The first-order valence-corrected chi connectivity index (χ1v) is 7.47. The first-order valence-electron chi connectivity index (χ1n) is 7.47. The van der Waals surface area contributed by atoms with Crippen molar-refractivity contribution in [3.63, 3.8) is 0 Å². The maximum absolute atomic E-state index is 12.6. The van der Waals surface area contributed by atoms with E-state index in [1.165, 1.54) is 10.9 Å². The molecule has 7 nitrogen and oxygen atoms in total. The number of carbonyl (C=O) groups excluding carboxylic acids is 1. The van der Waals surface area contributed by atoms with Gasteiger partial charge in [0.15, 0.2) is 0 Å². The topological polar surface area (TPSA) is 92.9 Å². The summed E-state index contributed by atoms with van der Waals surface area (Å²) in [6, 6.07) is 11.1. The monoisotopic (exact) mass is 322 g/mol. The summed E-state index contributed by atoms with van der Waals surface area (Å²) in [5, 5.41) is 3.59. The van der Waals surface area contributed by atoms with Crippen molar-refractivity contribution in [3.8, 4) is 0 Å². The van der Waals surface area contributed by atoms with Crippen LogP contribution in [0.3, 0.4) is 0 Å². The molecule has 4 aromatic rings. The highest BCUT2D eigenvalue weighted by Gasteiger charge is 2.12. The van der Waals surface area contributed by atoms with E-state index in [9.17, 15) is 9.59 Å². The van der Waals surface area contributed by atoms with Gasteiger partial charge in [-0.25, -0.2) is 4.98 Å². The van der Waals surface area contributed by atoms with Gasteiger partial charge in [-0.1, -0.05) is 18.2 Å². The Labute approximate surface area is 135 Å². The van der Waals surface area contributed by atoms with Crippen molar-refractivity contribution in [1.82, 2.24) is 19.9 Å². The number of fused-ring (bicyclic) bond motifs is 3. The van der Waals surface area contributed by atoms with Crippen LogP contribution in [0.4, 0.5) is 0 Å². The molecule has 3 aromatic heterocycles. The second kappa shape index (κ2) is 5.69. The van der Waals surface area contributed by atoms with Gasteiger partial charge in [0.2, 0.25) is 5.91 Å². The van der Waals surface area contributed by atoms with Crippen molar-refractivity contribution in [1.29, 1.82) is 0 Å². The fraction of sp³-hybridized carbons (Fsp3) is 0.118. The number of hydrogen-bond acceptors (Lipinski definition) is 4. The maximum atomic E-state index is 12.6. The van der Waals surface area contributed by atoms with E-state index in [2.05, 4.69) is 15.3 Å². The van der Waals surface area contributed by atoms with Crippen molar-refractivity contribution in [2.24, 2.45) is 0 Å². The van der Waals surface area contributed by atoms with Crippen LogP contribution in [-0.2, 0) is 17.9 Å². The van der Waals surface area contributed by atoms with Crippen LogP contribution in [0.15, 0.2) is 58.2 Å². The van der Waals surface area contributed by atoms with Crippen molar-refractivity contribution >= 4 is 27.8 Å². The Kier molecular flexibility index (Phi) is 3.38. The molecular weight excluding hydrogens is 308 g/mol. The zero-order valence-electron chi connectivity index (χ0n) is 12.7. The lowest BCUT2D eigenvalue weighted by molar-refractivity contribution is -0.121. The molecule has 0 aliphatic heterocycles. The van der Waals surface area contributed by atoms with E-state index in [-0.39, 0.29) is 24.6 Å². The van der Waals surface area contributed by atoms with Crippen molar-refractivity contribution < 1.29 is 9.21 Å². The number of carbonyl (C=O) groups is 1. The van der Waals surface area contributed by atoms with Gasteiger partial charge in [-0.15, -0.1) is 0 Å². The molecule has 4 rings (SSSR count). The summed E-state index contributed by atoms with van der Waals surface area (Å²) in [5.41, 5.74) is 1.59. The molecule has 0 saturated carbocycles. The van der Waals surface area contributed by atoms with Gasteiger partial charge in [-0.2, -0.15) is 0 Å². The molecule has 0 atom stereocenters. The number of rotatable bonds is 4. The van der Waals surface area contributed by atoms with Gasteiger partial charge in [-0.05, 0) is 18.2 Å². The summed E-state index contributed by atoms with van der Waals surface area (Å²) in [4.78, 5) is 32.0. The van der Waals surface area contributed by atoms with Crippen LogP contribution >= 0.6 is 0 Å². The molecule has 0 fully saturated rings. The van der Waals surface area contributed by atoms with Crippen LogP contribution in [0.25, 0.3) is 21.9 Å². The molecule has 120 valence electrons. The Morgan fingerprint density at radius 3 is 2.96 bits per heavy atom. The van der Waals surface area contributed by atoms with Crippen LogP contribution in [0.2, 0.25) is 0 Å². The number of aromatic nitrogens is 3. The fourth-order valence-electron chi connectivity index (χ4n) is 2.66. The summed E-state index contributed by atoms with van der Waals surface area (Å²) >= 11 is 0. The maximum Gasteiger partial charge on any atom is 0.278 e. The van der Waals surface area contributed by atoms with Gasteiger partial charge in [0, 0.05) is 10.9 Å². The number of aromatic amines is 1. The van der Waals surface area contributed by atoms with Gasteiger partial charge in [0.1, 0.15) is 23.3 Å². The molecular formula is C17H14N4O3. The van der Waals surface area contributed by atoms with Crippen molar-refractivity contribution in [2.45, 2.75) is 13.1 Å². The number of amides is 1. The largest absolute Gasteiger partial charge is 0.467 e. The lowest BCUT2D eigenvalue weighted by Gasteiger charge is -2.06. The fourth-order valence-corrected chi connectivity index (χ4v) is 2.66. The number of benzene rings is 1. The molecule has 2 N–H and O–H groups in total. The minimum absolute atomic E-state index is 0.0994. The molecule has 0 unspecified atom stereocenters. The molecule has 24 heavy (non-hydrogen) atoms. The minimum Gasteiger partial charge on any atom is -0.467 e. The average Bonchev–Trinajstić information content (AvgIpc) is 3.23. The molecule has 0 aliphatic rings. The molecule has 1 aromatic carbocycles. The summed E-state index contributed by atoms with van der Waals surface area (Å²) in [5.74, 6) is 0.366. The number of nitrogens with one attached hydrogen (secondary N) is 2. The lowest BCUT2D eigenvalue weighted by atomic mass is 10.2. The smallest absolute Gasteiger partial charge is 0.278 e. The third-order valence-corrected chi connectivity index (χ3v) is 3.83. The molecule has 3 heterocycles. The highest BCUT2D eigenvalue weighted by molar-refractivity contribution is 6.04. The van der Waals surface area contributed by atoms with Crippen LogP contribution in [0.5, 0.6) is 0 Å². The average molecular weight is 322 g/mol. The Morgan fingerprint density at radius 2 is 2.12 bits per heavy atom. The van der Waals surface area contributed by atoms with E-state index in [1.54, 1.807) is 18.4 Å². The molecule has 7 heteroatoms. The second-order valence-electron chi connectivity index (χ2n) is 5.43. The number of nitrogens with zero attached hydrogens (tertiary/aromatic N) is 2. The Morgan fingerprint density at radius 1 is 1.25 bits per heavy atom. The Bertz CT molecular complexity index is 1080. The zero-order valence-corrected chi connectivity index (χ0v) is 12.7. The summed E-state index contributed by atoms with van der Waals surface area (Å²) < 4.78 is 6.44. The highest BCUT2D eigenvalue weighted by Crippen LogP contribution is 2.20. The molecule has 0 aliphatic carbocycles. The van der Waals surface area contributed by atoms with Crippen LogP contribution in [-0.4, -0.2) is 20.4 Å². The van der Waals surface area contributed by atoms with Crippen molar-refractivity contribution in [3.05, 3.63) is 65.1 Å². The standard InChI is InChI=1S/C17H14N4O3/c22-14(18-8-11-4-3-7-24-11)9-21-10-19-15-12-5-1-2-6-13(12)20-16(15)17(21)23/h1-7,10,20H,8-9H2,(H,18,22). The van der Waals surface area contributed by atoms with Crippen LogP contribution in [0, 0.1) is 0 Å². The predicted octanol–water partition coefficient (Wildman–Crippen LogP) is 1.79. The zero-order chi connectivity index (χ0) is 16.5. The number of H-pyrrole nitrogens is 1. The van der Waals surface area contributed by atoms with Gasteiger partial charge in [-0.3, -0.25) is 14.2 Å². The minimum atomic E-state index is -0.286. The molecule has 1 amide bonds. The van der Waals surface area contributed by atoms with E-state index in [1.807, 2.05) is 24.3 Å². The third kappa shape index (κ3) is 2.45. The summed E-state index contributed by atoms with van der Waals surface area (Å²) in [7, 11) is 0. The van der Waals surface area contributed by atoms with E-state index >= 15 is 0 Å². The Hall–Kier alpha value is -3.35. The van der Waals surface area contributed by atoms with Gasteiger partial charge >= 0.3 is 0 Å². The van der Waals surface area contributed by atoms with E-state index in [0.717, 1.165) is 10.9 Å². The SMILES string of the molecule is O=C(Cn1cnc2c([nH]c3ccccc32)c1=O)NCc1ccco1. The lowest BCUT2D eigenvalue weighted by Crippen LogP contribution is -2.32. The van der Waals surface area contributed by atoms with Gasteiger partial charge in [0.05, 0.1) is 19.1 Å². The quantitative estimate of drug-likeness (QED) is 0.599. The second-order valence-corrected chi connectivity index (χ2v) is 5.43. The number of hydrogen-bond donors (Lipinski definition) is 2. The van der Waals surface area contributed by atoms with Crippen LogP contribution in [0.1, 0.15) is 5.76 Å². The number of para-hydroxylation sites is 1. The van der Waals surface area contributed by atoms with Gasteiger partial charge < -0.3 is 14.7 Å². The summed E-state index contributed by atoms with van der Waals surface area (Å²) in [6.45, 7) is 0.181.